The van der Waals surface area contributed by atoms with Crippen molar-refractivity contribution in [1.82, 2.24) is 9.88 Å². The summed E-state index contributed by atoms with van der Waals surface area (Å²) < 4.78 is 5.09. The van der Waals surface area contributed by atoms with Crippen LogP contribution >= 0.6 is 0 Å². The Morgan fingerprint density at radius 1 is 1.05 bits per heavy atom. The van der Waals surface area contributed by atoms with E-state index in [1.807, 2.05) is 18.2 Å². The highest BCUT2D eigenvalue weighted by Crippen LogP contribution is 2.29. The molecule has 0 bridgehead atoms. The highest BCUT2D eigenvalue weighted by atomic mass is 16.5. The van der Waals surface area contributed by atoms with Crippen molar-refractivity contribution in [3.05, 3.63) is 29.8 Å². The van der Waals surface area contributed by atoms with Gasteiger partial charge in [-0.3, -0.25) is 14.4 Å². The Hall–Kier alpha value is -3.16. The van der Waals surface area contributed by atoms with Crippen LogP contribution < -0.4 is 10.2 Å². The number of nitrogens with zero attached hydrogens (tertiary/aromatic N) is 3. The van der Waals surface area contributed by atoms with Crippen molar-refractivity contribution in [2.24, 2.45) is 17.8 Å². The van der Waals surface area contributed by atoms with Gasteiger partial charge < -0.3 is 19.9 Å². The number of hydrogen-bond donors (Lipinski definition) is 1. The van der Waals surface area contributed by atoms with Crippen LogP contribution in [0.2, 0.25) is 0 Å². The summed E-state index contributed by atoms with van der Waals surface area (Å²) in [5.74, 6) is 1.77. The van der Waals surface area contributed by atoms with Crippen LogP contribution in [0.15, 0.2) is 24.3 Å². The molecule has 2 aliphatic rings. The predicted molar refractivity (Wildman–Crippen MR) is 145 cm³/mol. The van der Waals surface area contributed by atoms with E-state index in [0.29, 0.717) is 50.1 Å². The van der Waals surface area contributed by atoms with Gasteiger partial charge in [-0.25, -0.2) is 4.98 Å². The molecule has 3 heterocycles. The molecule has 0 spiro atoms. The number of rotatable bonds is 7. The topological polar surface area (TPSA) is 91.8 Å². The zero-order chi connectivity index (χ0) is 26.5. The SMILES string of the molecule is CCOC(=O)C1CCN(C(=O)CCC(=O)Nc2ccc3nc(N4C[C@H](C)C[C@H](C)C4)cc(C)c3c2)CC1. The Bertz CT molecular complexity index is 1130. The summed E-state index contributed by atoms with van der Waals surface area (Å²) in [5, 5.41) is 3.95. The monoisotopic (exact) mass is 508 g/mol. The number of esters is 1. The van der Waals surface area contributed by atoms with Gasteiger partial charge in [0.2, 0.25) is 11.8 Å². The first-order valence-electron chi connectivity index (χ1n) is 13.6. The number of anilines is 2. The smallest absolute Gasteiger partial charge is 0.309 e. The second-order valence-corrected chi connectivity index (χ2v) is 10.8. The van der Waals surface area contributed by atoms with Gasteiger partial charge in [-0.2, -0.15) is 0 Å². The number of pyridine rings is 1. The lowest BCUT2D eigenvalue weighted by Crippen LogP contribution is -2.40. The largest absolute Gasteiger partial charge is 0.466 e. The summed E-state index contributed by atoms with van der Waals surface area (Å²) in [5.41, 5.74) is 2.75. The van der Waals surface area contributed by atoms with Crippen LogP contribution in [0.1, 0.15) is 58.4 Å². The van der Waals surface area contributed by atoms with Crippen molar-refractivity contribution >= 4 is 40.2 Å². The molecule has 1 aromatic heterocycles. The molecule has 200 valence electrons. The Balaban J connectivity index is 1.31. The van der Waals surface area contributed by atoms with Gasteiger partial charge in [-0.05, 0) is 74.8 Å². The lowest BCUT2D eigenvalue weighted by Gasteiger charge is -2.36. The van der Waals surface area contributed by atoms with Gasteiger partial charge in [-0.15, -0.1) is 0 Å². The molecule has 2 atom stereocenters. The van der Waals surface area contributed by atoms with Crippen LogP contribution in [-0.2, 0) is 19.1 Å². The number of aryl methyl sites for hydroxylation is 1. The number of likely N-dealkylation sites (tertiary alicyclic amines) is 1. The molecule has 0 unspecified atom stereocenters. The summed E-state index contributed by atoms with van der Waals surface area (Å²) in [6.07, 6.45) is 2.75. The number of aromatic nitrogens is 1. The summed E-state index contributed by atoms with van der Waals surface area (Å²) >= 11 is 0. The first kappa shape index (κ1) is 26.9. The molecular formula is C29H40N4O4. The predicted octanol–water partition coefficient (Wildman–Crippen LogP) is 4.55. The highest BCUT2D eigenvalue weighted by Gasteiger charge is 2.28. The minimum absolute atomic E-state index is 0.0510. The molecule has 8 nitrogen and oxygen atoms in total. The van der Waals surface area contributed by atoms with Crippen molar-refractivity contribution in [2.45, 2.75) is 59.8 Å². The third kappa shape index (κ3) is 6.79. The second kappa shape index (κ2) is 11.9. The molecule has 0 radical (unpaired) electrons. The van der Waals surface area contributed by atoms with Gasteiger partial charge in [0.1, 0.15) is 5.82 Å². The normalized spacial score (nSPS) is 20.6. The molecule has 0 aliphatic carbocycles. The molecule has 0 saturated carbocycles. The van der Waals surface area contributed by atoms with Crippen LogP contribution in [-0.4, -0.2) is 60.5 Å². The zero-order valence-corrected chi connectivity index (χ0v) is 22.6. The van der Waals surface area contributed by atoms with Gasteiger partial charge in [0.15, 0.2) is 0 Å². The molecule has 1 aromatic carbocycles. The number of nitrogens with one attached hydrogen (secondary N) is 1. The van der Waals surface area contributed by atoms with E-state index < -0.39 is 0 Å². The van der Waals surface area contributed by atoms with E-state index in [9.17, 15) is 14.4 Å². The fraction of sp³-hybridized carbons (Fsp3) is 0.586. The summed E-state index contributed by atoms with van der Waals surface area (Å²) in [4.78, 5) is 46.1. The van der Waals surface area contributed by atoms with Crippen LogP contribution in [0.3, 0.4) is 0 Å². The lowest BCUT2D eigenvalue weighted by atomic mass is 9.92. The Morgan fingerprint density at radius 2 is 1.76 bits per heavy atom. The number of ether oxygens (including phenoxy) is 1. The molecule has 2 aliphatic heterocycles. The van der Waals surface area contributed by atoms with Gasteiger partial charge in [0.25, 0.3) is 0 Å². The number of amides is 2. The molecule has 2 aromatic rings. The van der Waals surface area contributed by atoms with E-state index in [2.05, 4.69) is 37.1 Å². The molecule has 2 saturated heterocycles. The van der Waals surface area contributed by atoms with E-state index in [0.717, 1.165) is 35.4 Å². The molecule has 8 heteroatoms. The fourth-order valence-electron chi connectivity index (χ4n) is 5.69. The average molecular weight is 509 g/mol. The van der Waals surface area contributed by atoms with Gasteiger partial charge in [0.05, 0.1) is 18.0 Å². The second-order valence-electron chi connectivity index (χ2n) is 10.8. The summed E-state index contributed by atoms with van der Waals surface area (Å²) in [7, 11) is 0. The molecule has 2 fully saturated rings. The number of piperidine rings is 2. The maximum Gasteiger partial charge on any atom is 0.309 e. The lowest BCUT2D eigenvalue weighted by molar-refractivity contribution is -0.151. The van der Waals surface area contributed by atoms with Gasteiger partial charge >= 0.3 is 5.97 Å². The van der Waals surface area contributed by atoms with Crippen LogP contribution in [0, 0.1) is 24.7 Å². The van der Waals surface area contributed by atoms with Crippen LogP contribution in [0.4, 0.5) is 11.5 Å². The quantitative estimate of drug-likeness (QED) is 0.552. The average Bonchev–Trinajstić information content (AvgIpc) is 2.87. The van der Waals surface area contributed by atoms with Crippen LogP contribution in [0.5, 0.6) is 0 Å². The molecule has 2 amide bonds. The van der Waals surface area contributed by atoms with Crippen molar-refractivity contribution < 1.29 is 19.1 Å². The summed E-state index contributed by atoms with van der Waals surface area (Å²) in [6.45, 7) is 12.0. The Labute approximate surface area is 219 Å². The third-order valence-electron chi connectivity index (χ3n) is 7.51. The van der Waals surface area contributed by atoms with E-state index in [-0.39, 0.29) is 36.5 Å². The Kier molecular flexibility index (Phi) is 8.67. The first-order valence-corrected chi connectivity index (χ1v) is 13.6. The standard InChI is InChI=1S/C29H40N4O4/c1-5-37-29(36)22-10-12-32(13-11-22)28(35)9-8-27(34)30-23-6-7-25-24(16-23)21(4)15-26(31-25)33-17-19(2)14-20(3)18-33/h6-7,15-16,19-20,22H,5,8-14,17-18H2,1-4H3,(H,30,34)/t19-,20+. The van der Waals surface area contributed by atoms with Crippen LogP contribution in [0.25, 0.3) is 10.9 Å². The first-order chi connectivity index (χ1) is 17.7. The number of fused-ring (bicyclic) bond motifs is 1. The minimum Gasteiger partial charge on any atom is -0.466 e. The number of hydrogen-bond acceptors (Lipinski definition) is 6. The fourth-order valence-corrected chi connectivity index (χ4v) is 5.69. The molecule has 4 rings (SSSR count). The van der Waals surface area contributed by atoms with Crippen molar-refractivity contribution in [1.29, 1.82) is 0 Å². The van der Waals surface area contributed by atoms with Crippen molar-refractivity contribution in [3.8, 4) is 0 Å². The Morgan fingerprint density at radius 3 is 2.43 bits per heavy atom. The molecular weight excluding hydrogens is 468 g/mol. The van der Waals surface area contributed by atoms with E-state index in [1.165, 1.54) is 6.42 Å². The van der Waals surface area contributed by atoms with E-state index in [4.69, 9.17) is 9.72 Å². The maximum atomic E-state index is 12.6. The molecule has 37 heavy (non-hydrogen) atoms. The number of carbonyl (C=O) groups excluding carboxylic acids is 3. The zero-order valence-electron chi connectivity index (χ0n) is 22.6. The summed E-state index contributed by atoms with van der Waals surface area (Å²) in [6, 6.07) is 7.93. The van der Waals surface area contributed by atoms with Gasteiger partial charge in [0, 0.05) is 50.1 Å². The van der Waals surface area contributed by atoms with E-state index >= 15 is 0 Å². The third-order valence-corrected chi connectivity index (χ3v) is 7.51. The van der Waals surface area contributed by atoms with Crippen molar-refractivity contribution in [3.63, 3.8) is 0 Å². The maximum absolute atomic E-state index is 12.6. The number of benzene rings is 1. The minimum atomic E-state index is -0.187. The van der Waals surface area contributed by atoms with Gasteiger partial charge in [-0.1, -0.05) is 13.8 Å². The molecule has 1 N–H and O–H groups in total. The highest BCUT2D eigenvalue weighted by molar-refractivity contribution is 5.96. The number of carbonyl (C=O) groups is 3. The van der Waals surface area contributed by atoms with E-state index in [1.54, 1.807) is 11.8 Å². The van der Waals surface area contributed by atoms with Crippen molar-refractivity contribution in [2.75, 3.05) is 43.0 Å².